The van der Waals surface area contributed by atoms with Crippen molar-refractivity contribution in [2.45, 2.75) is 95.6 Å². The lowest BCUT2D eigenvalue weighted by Gasteiger charge is -2.38. The van der Waals surface area contributed by atoms with Crippen LogP contribution in [0.5, 0.6) is 0 Å². The highest BCUT2D eigenvalue weighted by atomic mass is 19.1. The van der Waals surface area contributed by atoms with E-state index in [1.54, 1.807) is 20.1 Å². The smallest absolute Gasteiger partial charge is 0.272 e. The average Bonchev–Trinajstić information content (AvgIpc) is 2.98. The lowest BCUT2D eigenvalue weighted by Crippen LogP contribution is -2.54. The third-order valence-electron chi connectivity index (χ3n) is 8.85. The van der Waals surface area contributed by atoms with E-state index in [2.05, 4.69) is 15.3 Å². The van der Waals surface area contributed by atoms with Crippen molar-refractivity contribution in [3.8, 4) is 0 Å². The molecule has 2 aromatic rings. The standard InChI is InChI=1S/C31H43FN4O4/c1-20-7-8-22(17-25(20)32)28-6-4-5-24(40-28)9-10-26-21(2)30(34-19-33-26)31(37)36-14-11-23(12-15-36)35-27-13-16-39-18-29(27)38-3/h7-8,17,19,23-24,27-29,35H,4-6,9-16,18H2,1-3H3/t24-,27?,28+,29?/m0/s1. The largest absolute Gasteiger partial charge is 0.379 e. The van der Waals surface area contributed by atoms with Crippen LogP contribution >= 0.6 is 0 Å². The van der Waals surface area contributed by atoms with Gasteiger partial charge in [-0.2, -0.15) is 0 Å². The summed E-state index contributed by atoms with van der Waals surface area (Å²) in [6, 6.07) is 6.05. The summed E-state index contributed by atoms with van der Waals surface area (Å²) in [5.74, 6) is -0.201. The van der Waals surface area contributed by atoms with Crippen LogP contribution in [0.15, 0.2) is 24.5 Å². The number of ether oxygens (including phenoxy) is 3. The molecule has 5 rings (SSSR count). The normalized spacial score (nSPS) is 26.1. The second kappa shape index (κ2) is 13.5. The number of methoxy groups -OCH3 is 1. The number of aryl methyl sites for hydroxylation is 2. The first kappa shape index (κ1) is 29.0. The molecule has 218 valence electrons. The Hall–Kier alpha value is -2.46. The van der Waals surface area contributed by atoms with Crippen LogP contribution in [-0.4, -0.2) is 78.5 Å². The van der Waals surface area contributed by atoms with Gasteiger partial charge in [-0.3, -0.25) is 4.79 Å². The first-order chi connectivity index (χ1) is 19.4. The predicted octanol–water partition coefficient (Wildman–Crippen LogP) is 4.47. The molecule has 1 N–H and O–H groups in total. The van der Waals surface area contributed by atoms with Crippen molar-refractivity contribution in [3.05, 3.63) is 58.4 Å². The molecule has 3 fully saturated rings. The molecule has 0 spiro atoms. The number of benzene rings is 1. The van der Waals surface area contributed by atoms with Crippen LogP contribution in [0.4, 0.5) is 4.39 Å². The van der Waals surface area contributed by atoms with Crippen molar-refractivity contribution < 1.29 is 23.4 Å². The Balaban J connectivity index is 1.14. The van der Waals surface area contributed by atoms with Crippen LogP contribution in [0.25, 0.3) is 0 Å². The van der Waals surface area contributed by atoms with Crippen LogP contribution in [0.3, 0.4) is 0 Å². The fourth-order valence-corrected chi connectivity index (χ4v) is 6.25. The van der Waals surface area contributed by atoms with E-state index in [-0.39, 0.29) is 30.0 Å². The van der Waals surface area contributed by atoms with Gasteiger partial charge in [-0.1, -0.05) is 12.1 Å². The minimum atomic E-state index is -0.184. The van der Waals surface area contributed by atoms with Gasteiger partial charge >= 0.3 is 0 Å². The summed E-state index contributed by atoms with van der Waals surface area (Å²) >= 11 is 0. The van der Waals surface area contributed by atoms with E-state index in [9.17, 15) is 9.18 Å². The summed E-state index contributed by atoms with van der Waals surface area (Å²) < 4.78 is 31.6. The quantitative estimate of drug-likeness (QED) is 0.515. The second-order valence-corrected chi connectivity index (χ2v) is 11.5. The highest BCUT2D eigenvalue weighted by molar-refractivity contribution is 5.93. The van der Waals surface area contributed by atoms with Crippen molar-refractivity contribution in [1.29, 1.82) is 0 Å². The molecule has 9 heteroatoms. The number of nitrogens with one attached hydrogen (secondary N) is 1. The molecular weight excluding hydrogens is 511 g/mol. The van der Waals surface area contributed by atoms with Crippen molar-refractivity contribution >= 4 is 5.91 Å². The van der Waals surface area contributed by atoms with Gasteiger partial charge in [-0.15, -0.1) is 0 Å². The number of aromatic nitrogens is 2. The number of likely N-dealkylation sites (tertiary alicyclic amines) is 1. The highest BCUT2D eigenvalue weighted by Gasteiger charge is 2.31. The van der Waals surface area contributed by atoms with Gasteiger partial charge in [0, 0.05) is 50.1 Å². The summed E-state index contributed by atoms with van der Waals surface area (Å²) in [5, 5.41) is 3.75. The first-order valence-corrected chi connectivity index (χ1v) is 14.8. The van der Waals surface area contributed by atoms with Gasteiger partial charge in [0.25, 0.3) is 5.91 Å². The molecule has 3 aliphatic heterocycles. The van der Waals surface area contributed by atoms with E-state index in [0.29, 0.717) is 49.5 Å². The third-order valence-corrected chi connectivity index (χ3v) is 8.85. The Labute approximate surface area is 237 Å². The van der Waals surface area contributed by atoms with E-state index in [1.165, 1.54) is 6.33 Å². The molecule has 1 aromatic carbocycles. The molecular formula is C31H43FN4O4. The summed E-state index contributed by atoms with van der Waals surface area (Å²) in [7, 11) is 1.74. The molecule has 0 bridgehead atoms. The van der Waals surface area contributed by atoms with Gasteiger partial charge in [-0.25, -0.2) is 14.4 Å². The monoisotopic (exact) mass is 554 g/mol. The van der Waals surface area contributed by atoms with Crippen LogP contribution in [0, 0.1) is 19.7 Å². The predicted molar refractivity (Wildman–Crippen MR) is 150 cm³/mol. The lowest BCUT2D eigenvalue weighted by molar-refractivity contribution is -0.0548. The molecule has 8 nitrogen and oxygen atoms in total. The van der Waals surface area contributed by atoms with E-state index in [1.807, 2.05) is 24.0 Å². The van der Waals surface area contributed by atoms with Gasteiger partial charge in [0.05, 0.1) is 24.9 Å². The molecule has 2 unspecified atom stereocenters. The van der Waals surface area contributed by atoms with Crippen LogP contribution in [0.1, 0.15) is 83.9 Å². The Bertz CT molecular complexity index is 1160. The van der Waals surface area contributed by atoms with Gasteiger partial charge in [0.15, 0.2) is 0 Å². The Morgan fingerprint density at radius 1 is 1.15 bits per heavy atom. The van der Waals surface area contributed by atoms with Gasteiger partial charge in [0.2, 0.25) is 0 Å². The third kappa shape index (κ3) is 6.87. The molecule has 0 aliphatic carbocycles. The Kier molecular flexibility index (Phi) is 9.78. The number of rotatable bonds is 8. The summed E-state index contributed by atoms with van der Waals surface area (Å²) in [4.78, 5) is 24.3. The SMILES string of the molecule is COC1COCCC1NC1CCN(C(=O)c2ncnc(CC[C@@H]3CCC[C@H](c4ccc(C)c(F)c4)O3)c2C)CC1. The first-order valence-electron chi connectivity index (χ1n) is 14.8. The molecule has 40 heavy (non-hydrogen) atoms. The highest BCUT2D eigenvalue weighted by Crippen LogP contribution is 2.33. The second-order valence-electron chi connectivity index (χ2n) is 11.5. The number of hydrogen-bond donors (Lipinski definition) is 1. The Morgan fingerprint density at radius 2 is 1.98 bits per heavy atom. The van der Waals surface area contributed by atoms with Crippen molar-refractivity contribution in [2.24, 2.45) is 0 Å². The van der Waals surface area contributed by atoms with E-state index >= 15 is 0 Å². The van der Waals surface area contributed by atoms with Crippen molar-refractivity contribution in [2.75, 3.05) is 33.4 Å². The summed E-state index contributed by atoms with van der Waals surface area (Å²) in [6.07, 6.45) is 8.78. The van der Waals surface area contributed by atoms with Crippen LogP contribution in [-0.2, 0) is 20.6 Å². The molecule has 3 aliphatic rings. The summed E-state index contributed by atoms with van der Waals surface area (Å²) in [6.45, 7) is 6.51. The molecule has 4 atom stereocenters. The van der Waals surface area contributed by atoms with Crippen molar-refractivity contribution in [1.82, 2.24) is 20.2 Å². The number of carbonyl (C=O) groups is 1. The summed E-state index contributed by atoms with van der Waals surface area (Å²) in [5.41, 5.74) is 3.80. The number of halogens is 1. The number of amides is 1. The molecule has 0 radical (unpaired) electrons. The number of carbonyl (C=O) groups excluding carboxylic acids is 1. The lowest BCUT2D eigenvalue weighted by atomic mass is 9.95. The fraction of sp³-hybridized carbons (Fsp3) is 0.645. The number of piperidine rings is 1. The number of hydrogen-bond acceptors (Lipinski definition) is 7. The molecule has 3 saturated heterocycles. The van der Waals surface area contributed by atoms with Gasteiger partial charge in [-0.05, 0) is 82.4 Å². The van der Waals surface area contributed by atoms with Gasteiger partial charge in [0.1, 0.15) is 17.8 Å². The molecule has 1 amide bonds. The van der Waals surface area contributed by atoms with Crippen molar-refractivity contribution in [3.63, 3.8) is 0 Å². The fourth-order valence-electron chi connectivity index (χ4n) is 6.25. The molecule has 1 aromatic heterocycles. The molecule has 0 saturated carbocycles. The Morgan fingerprint density at radius 3 is 2.75 bits per heavy atom. The molecule has 4 heterocycles. The zero-order valence-electron chi connectivity index (χ0n) is 24.0. The van der Waals surface area contributed by atoms with E-state index in [4.69, 9.17) is 14.2 Å². The topological polar surface area (TPSA) is 85.8 Å². The zero-order valence-corrected chi connectivity index (χ0v) is 24.0. The van der Waals surface area contributed by atoms with E-state index in [0.717, 1.165) is 68.4 Å². The number of nitrogens with zero attached hydrogens (tertiary/aromatic N) is 3. The van der Waals surface area contributed by atoms with Crippen LogP contribution < -0.4 is 5.32 Å². The maximum Gasteiger partial charge on any atom is 0.272 e. The van der Waals surface area contributed by atoms with Crippen LogP contribution in [0.2, 0.25) is 0 Å². The van der Waals surface area contributed by atoms with Gasteiger partial charge < -0.3 is 24.4 Å². The zero-order chi connectivity index (χ0) is 28.1. The minimum Gasteiger partial charge on any atom is -0.379 e. The average molecular weight is 555 g/mol. The van der Waals surface area contributed by atoms with E-state index < -0.39 is 0 Å². The maximum absolute atomic E-state index is 14.1. The maximum atomic E-state index is 14.1. The minimum absolute atomic E-state index is 0.0178.